The Morgan fingerprint density at radius 3 is 2.55 bits per heavy atom. The number of hydrazone groups is 1. The molecule has 1 atom stereocenters. The fourth-order valence-electron chi connectivity index (χ4n) is 2.68. The van der Waals surface area contributed by atoms with Crippen LogP contribution in [0.3, 0.4) is 0 Å². The van der Waals surface area contributed by atoms with E-state index in [1.54, 1.807) is 17.8 Å². The molecule has 3 aromatic carbocycles. The minimum Gasteiger partial charge on any atom is -0.508 e. The molecular formula is C18H14N2OS. The Labute approximate surface area is 132 Å². The second-order valence-electron chi connectivity index (χ2n) is 5.13. The minimum absolute atomic E-state index is 0.0821. The molecule has 0 unspecified atom stereocenters. The highest BCUT2D eigenvalue weighted by Gasteiger charge is 2.26. The Morgan fingerprint density at radius 1 is 0.909 bits per heavy atom. The maximum absolute atomic E-state index is 10.3. The van der Waals surface area contributed by atoms with Gasteiger partial charge in [-0.05, 0) is 16.8 Å². The Morgan fingerprint density at radius 2 is 1.68 bits per heavy atom. The monoisotopic (exact) mass is 306 g/mol. The second-order valence-corrected chi connectivity index (χ2v) is 6.22. The van der Waals surface area contributed by atoms with Crippen LogP contribution >= 0.6 is 11.8 Å². The molecule has 0 radical (unpaired) electrons. The summed E-state index contributed by atoms with van der Waals surface area (Å²) in [6, 6.07) is 21.8. The Bertz CT molecular complexity index is 861. The van der Waals surface area contributed by atoms with Gasteiger partial charge < -0.3 is 5.11 Å². The van der Waals surface area contributed by atoms with E-state index >= 15 is 0 Å². The summed E-state index contributed by atoms with van der Waals surface area (Å²) >= 11 is 1.62. The summed E-state index contributed by atoms with van der Waals surface area (Å²) in [4.78, 5) is 0. The summed E-state index contributed by atoms with van der Waals surface area (Å²) in [6.07, 6.45) is 0. The van der Waals surface area contributed by atoms with Crippen LogP contribution in [0.25, 0.3) is 10.8 Å². The maximum Gasteiger partial charge on any atom is 0.126 e. The molecule has 0 amide bonds. The van der Waals surface area contributed by atoms with Gasteiger partial charge in [0.25, 0.3) is 0 Å². The first kappa shape index (κ1) is 13.2. The van der Waals surface area contributed by atoms with E-state index in [0.717, 1.165) is 26.9 Å². The number of hydrogen-bond donors (Lipinski definition) is 2. The predicted molar refractivity (Wildman–Crippen MR) is 92.1 cm³/mol. The zero-order valence-corrected chi connectivity index (χ0v) is 12.5. The van der Waals surface area contributed by atoms with E-state index in [-0.39, 0.29) is 5.37 Å². The van der Waals surface area contributed by atoms with Crippen molar-refractivity contribution in [3.05, 3.63) is 77.9 Å². The van der Waals surface area contributed by atoms with Gasteiger partial charge in [-0.25, -0.2) is 0 Å². The van der Waals surface area contributed by atoms with Gasteiger partial charge in [-0.15, -0.1) is 0 Å². The fourth-order valence-corrected chi connectivity index (χ4v) is 3.75. The van der Waals surface area contributed by atoms with Crippen molar-refractivity contribution in [3.63, 3.8) is 0 Å². The number of thioether (sulfide) groups is 1. The van der Waals surface area contributed by atoms with E-state index < -0.39 is 0 Å². The largest absolute Gasteiger partial charge is 0.508 e. The molecule has 0 saturated carbocycles. The lowest BCUT2D eigenvalue weighted by Gasteiger charge is -2.14. The van der Waals surface area contributed by atoms with E-state index in [0.29, 0.717) is 5.75 Å². The molecule has 0 aromatic heterocycles. The first-order valence-corrected chi connectivity index (χ1v) is 7.97. The summed E-state index contributed by atoms with van der Waals surface area (Å²) in [5, 5.41) is 17.8. The molecule has 4 rings (SSSR count). The summed E-state index contributed by atoms with van der Waals surface area (Å²) < 4.78 is 0. The Kier molecular flexibility index (Phi) is 3.24. The van der Waals surface area contributed by atoms with Crippen molar-refractivity contribution in [1.29, 1.82) is 0 Å². The van der Waals surface area contributed by atoms with E-state index in [4.69, 9.17) is 0 Å². The molecule has 22 heavy (non-hydrogen) atoms. The standard InChI is InChI=1S/C18H14N2OS/c21-15-11-10-12-6-4-5-9-14(12)16(15)18-20-19-17(22-18)13-7-2-1-3-8-13/h1-11,18,20-21H/t18-/m1/s1. The van der Waals surface area contributed by atoms with Gasteiger partial charge >= 0.3 is 0 Å². The third kappa shape index (κ3) is 2.22. The third-order valence-electron chi connectivity index (χ3n) is 3.74. The quantitative estimate of drug-likeness (QED) is 0.744. The van der Waals surface area contributed by atoms with Crippen molar-refractivity contribution in [1.82, 2.24) is 5.43 Å². The number of nitrogens with one attached hydrogen (secondary N) is 1. The molecule has 3 aromatic rings. The number of nitrogens with zero attached hydrogens (tertiary/aromatic N) is 1. The first-order chi connectivity index (χ1) is 10.8. The van der Waals surface area contributed by atoms with Crippen LogP contribution in [0, 0.1) is 0 Å². The van der Waals surface area contributed by atoms with E-state index in [2.05, 4.69) is 16.6 Å². The van der Waals surface area contributed by atoms with Crippen LogP contribution in [0.2, 0.25) is 0 Å². The van der Waals surface area contributed by atoms with E-state index in [1.165, 1.54) is 0 Å². The van der Waals surface area contributed by atoms with Crippen LogP contribution in [0.15, 0.2) is 71.8 Å². The van der Waals surface area contributed by atoms with Crippen LogP contribution in [0.4, 0.5) is 0 Å². The minimum atomic E-state index is -0.0821. The average molecular weight is 306 g/mol. The fraction of sp³-hybridized carbons (Fsp3) is 0.0556. The van der Waals surface area contributed by atoms with Crippen molar-refractivity contribution >= 4 is 27.6 Å². The SMILES string of the molecule is Oc1ccc2ccccc2c1[C@@H]1NN=C(c2ccccc2)S1. The number of phenols is 1. The van der Waals surface area contributed by atoms with Gasteiger partial charge in [-0.2, -0.15) is 5.10 Å². The lowest BCUT2D eigenvalue weighted by Crippen LogP contribution is -2.07. The van der Waals surface area contributed by atoms with Gasteiger partial charge in [0.05, 0.1) is 0 Å². The number of aromatic hydroxyl groups is 1. The first-order valence-electron chi connectivity index (χ1n) is 7.09. The highest BCUT2D eigenvalue weighted by atomic mass is 32.2. The molecule has 0 saturated heterocycles. The molecule has 0 aliphatic carbocycles. The van der Waals surface area contributed by atoms with Crippen LogP contribution < -0.4 is 5.43 Å². The topological polar surface area (TPSA) is 44.6 Å². The lowest BCUT2D eigenvalue weighted by molar-refractivity contribution is 0.466. The molecule has 4 heteroatoms. The summed E-state index contributed by atoms with van der Waals surface area (Å²) in [5.41, 5.74) is 5.12. The molecule has 1 aliphatic heterocycles. The maximum atomic E-state index is 10.3. The van der Waals surface area contributed by atoms with Crippen LogP contribution in [0.5, 0.6) is 5.75 Å². The summed E-state index contributed by atoms with van der Waals surface area (Å²) in [6.45, 7) is 0. The van der Waals surface area contributed by atoms with E-state index in [1.807, 2.05) is 54.6 Å². The molecule has 0 spiro atoms. The van der Waals surface area contributed by atoms with Crippen molar-refractivity contribution in [3.8, 4) is 5.75 Å². The molecule has 3 nitrogen and oxygen atoms in total. The predicted octanol–water partition coefficient (Wildman–Crippen LogP) is 4.24. The lowest BCUT2D eigenvalue weighted by atomic mass is 10.0. The summed E-state index contributed by atoms with van der Waals surface area (Å²) in [5.74, 6) is 0.299. The zero-order chi connectivity index (χ0) is 14.9. The van der Waals surface area contributed by atoms with Crippen molar-refractivity contribution < 1.29 is 5.11 Å². The normalized spacial score (nSPS) is 17.3. The van der Waals surface area contributed by atoms with E-state index in [9.17, 15) is 5.11 Å². The van der Waals surface area contributed by atoms with Crippen LogP contribution in [0.1, 0.15) is 16.5 Å². The van der Waals surface area contributed by atoms with Crippen molar-refractivity contribution in [2.24, 2.45) is 5.10 Å². The van der Waals surface area contributed by atoms with Gasteiger partial charge in [0.15, 0.2) is 0 Å². The van der Waals surface area contributed by atoms with Gasteiger partial charge in [0.2, 0.25) is 0 Å². The zero-order valence-electron chi connectivity index (χ0n) is 11.7. The molecule has 2 N–H and O–H groups in total. The van der Waals surface area contributed by atoms with Gasteiger partial charge in [0.1, 0.15) is 16.2 Å². The Hall–Kier alpha value is -2.46. The molecular weight excluding hydrogens is 292 g/mol. The van der Waals surface area contributed by atoms with Gasteiger partial charge in [-0.1, -0.05) is 72.4 Å². The second kappa shape index (κ2) is 5.39. The molecule has 0 fully saturated rings. The Balaban J connectivity index is 1.72. The summed E-state index contributed by atoms with van der Waals surface area (Å²) in [7, 11) is 0. The van der Waals surface area contributed by atoms with Crippen LogP contribution in [-0.2, 0) is 0 Å². The number of fused-ring (bicyclic) bond motifs is 1. The van der Waals surface area contributed by atoms with Crippen molar-refractivity contribution in [2.45, 2.75) is 5.37 Å². The smallest absolute Gasteiger partial charge is 0.126 e. The van der Waals surface area contributed by atoms with Gasteiger partial charge in [0, 0.05) is 11.1 Å². The highest BCUT2D eigenvalue weighted by Crippen LogP contribution is 2.41. The molecule has 108 valence electrons. The third-order valence-corrected chi connectivity index (χ3v) is 4.87. The van der Waals surface area contributed by atoms with Gasteiger partial charge in [-0.3, -0.25) is 5.43 Å². The number of benzene rings is 3. The average Bonchev–Trinajstić information content (AvgIpc) is 3.05. The number of hydrogen-bond acceptors (Lipinski definition) is 4. The number of rotatable bonds is 2. The molecule has 1 heterocycles. The molecule has 0 bridgehead atoms. The molecule has 1 aliphatic rings. The van der Waals surface area contributed by atoms with Crippen molar-refractivity contribution in [2.75, 3.05) is 0 Å². The van der Waals surface area contributed by atoms with Crippen LogP contribution in [-0.4, -0.2) is 10.2 Å². The highest BCUT2D eigenvalue weighted by molar-refractivity contribution is 8.14. The number of phenolic OH excluding ortho intramolecular Hbond substituents is 1.